The molecule has 0 radical (unpaired) electrons. The molecule has 0 saturated carbocycles. The number of aliphatic carboxylic acids is 1. The minimum absolute atomic E-state index is 0.0909. The summed E-state index contributed by atoms with van der Waals surface area (Å²) in [5.74, 6) is -4.14. The van der Waals surface area contributed by atoms with E-state index < -0.39 is 28.9 Å². The Morgan fingerprint density at radius 3 is 2.22 bits per heavy atom. The van der Waals surface area contributed by atoms with Crippen molar-refractivity contribution in [2.75, 3.05) is 11.9 Å². The summed E-state index contributed by atoms with van der Waals surface area (Å²) in [4.78, 5) is 23.9. The van der Waals surface area contributed by atoms with Crippen LogP contribution in [0.4, 0.5) is 14.5 Å². The van der Waals surface area contributed by atoms with Crippen molar-refractivity contribution < 1.29 is 23.5 Å². The number of rotatable bonds is 3. The lowest BCUT2D eigenvalue weighted by Gasteiger charge is -2.26. The number of carbonyl (C=O) groups excluding carboxylic acids is 1. The Hall–Kier alpha value is -1.98. The summed E-state index contributed by atoms with van der Waals surface area (Å²) in [6, 6.07) is 2.92. The molecule has 1 aromatic rings. The van der Waals surface area contributed by atoms with Gasteiger partial charge in [0.15, 0.2) is 11.6 Å². The second kappa shape index (κ2) is 4.72. The first-order valence-corrected chi connectivity index (χ1v) is 5.14. The SMILES string of the molecule is CN(C(=O)C(C)(C)C(=O)O)c1ccc(F)c(F)c1. The summed E-state index contributed by atoms with van der Waals surface area (Å²) >= 11 is 0. The number of halogens is 2. The second-order valence-electron chi connectivity index (χ2n) is 4.39. The number of benzene rings is 1. The quantitative estimate of drug-likeness (QED) is 0.843. The van der Waals surface area contributed by atoms with Gasteiger partial charge in [0, 0.05) is 18.8 Å². The van der Waals surface area contributed by atoms with Crippen LogP contribution in [0.3, 0.4) is 0 Å². The molecular weight excluding hydrogens is 244 g/mol. The van der Waals surface area contributed by atoms with Gasteiger partial charge in [-0.05, 0) is 26.0 Å². The molecule has 98 valence electrons. The first-order chi connectivity index (χ1) is 8.17. The Bertz CT molecular complexity index is 500. The van der Waals surface area contributed by atoms with Crippen molar-refractivity contribution in [3.8, 4) is 0 Å². The lowest BCUT2D eigenvalue weighted by Crippen LogP contribution is -2.43. The van der Waals surface area contributed by atoms with Crippen molar-refractivity contribution in [3.63, 3.8) is 0 Å². The van der Waals surface area contributed by atoms with Gasteiger partial charge in [-0.2, -0.15) is 0 Å². The molecular formula is C12H13F2NO3. The van der Waals surface area contributed by atoms with Gasteiger partial charge in [0.2, 0.25) is 5.91 Å². The third kappa shape index (κ3) is 2.47. The van der Waals surface area contributed by atoms with Crippen molar-refractivity contribution in [1.82, 2.24) is 0 Å². The van der Waals surface area contributed by atoms with Crippen LogP contribution in [0.1, 0.15) is 13.8 Å². The van der Waals surface area contributed by atoms with Gasteiger partial charge in [-0.25, -0.2) is 8.78 Å². The van der Waals surface area contributed by atoms with E-state index in [2.05, 4.69) is 0 Å². The topological polar surface area (TPSA) is 57.6 Å². The van der Waals surface area contributed by atoms with Crippen LogP contribution in [0.2, 0.25) is 0 Å². The summed E-state index contributed by atoms with van der Waals surface area (Å²) in [5.41, 5.74) is -1.55. The van der Waals surface area contributed by atoms with Crippen molar-refractivity contribution >= 4 is 17.6 Å². The lowest BCUT2D eigenvalue weighted by molar-refractivity contribution is -0.152. The predicted molar refractivity (Wildman–Crippen MR) is 61.2 cm³/mol. The zero-order chi connectivity index (χ0) is 14.1. The van der Waals surface area contributed by atoms with Crippen LogP contribution in [0.15, 0.2) is 18.2 Å². The van der Waals surface area contributed by atoms with Crippen molar-refractivity contribution in [3.05, 3.63) is 29.8 Å². The van der Waals surface area contributed by atoms with Gasteiger partial charge in [0.1, 0.15) is 5.41 Å². The fourth-order valence-corrected chi connectivity index (χ4v) is 1.32. The van der Waals surface area contributed by atoms with Gasteiger partial charge in [0.25, 0.3) is 0 Å². The maximum atomic E-state index is 13.0. The molecule has 1 N–H and O–H groups in total. The molecule has 0 unspecified atom stereocenters. The van der Waals surface area contributed by atoms with Gasteiger partial charge >= 0.3 is 5.97 Å². The highest BCUT2D eigenvalue weighted by atomic mass is 19.2. The Labute approximate surface area is 103 Å². The number of hydrogen-bond donors (Lipinski definition) is 1. The van der Waals surface area contributed by atoms with Crippen LogP contribution in [0.5, 0.6) is 0 Å². The van der Waals surface area contributed by atoms with Gasteiger partial charge in [-0.3, -0.25) is 9.59 Å². The summed E-state index contributed by atoms with van der Waals surface area (Å²) in [7, 11) is 1.31. The predicted octanol–water partition coefficient (Wildman–Crippen LogP) is 2.04. The molecule has 0 fully saturated rings. The molecule has 6 heteroatoms. The number of carboxylic acids is 1. The molecule has 0 saturated heterocycles. The molecule has 0 heterocycles. The Kier molecular flexibility index (Phi) is 3.69. The maximum Gasteiger partial charge on any atom is 0.318 e. The van der Waals surface area contributed by atoms with Gasteiger partial charge in [-0.1, -0.05) is 0 Å². The molecule has 4 nitrogen and oxygen atoms in total. The summed E-state index contributed by atoms with van der Waals surface area (Å²) < 4.78 is 25.8. The number of hydrogen-bond acceptors (Lipinski definition) is 2. The molecule has 1 amide bonds. The summed E-state index contributed by atoms with van der Waals surface area (Å²) in [6.45, 7) is 2.49. The van der Waals surface area contributed by atoms with Crippen LogP contribution >= 0.6 is 0 Å². The van der Waals surface area contributed by atoms with Crippen LogP contribution in [-0.4, -0.2) is 24.0 Å². The standard InChI is InChI=1S/C12H13F2NO3/c1-12(2,11(17)18)10(16)15(3)7-4-5-8(13)9(14)6-7/h4-6H,1-3H3,(H,17,18). The lowest BCUT2D eigenvalue weighted by atomic mass is 9.92. The molecule has 0 aliphatic heterocycles. The normalized spacial score (nSPS) is 11.2. The minimum Gasteiger partial charge on any atom is -0.480 e. The highest BCUT2D eigenvalue weighted by Gasteiger charge is 2.38. The zero-order valence-electron chi connectivity index (χ0n) is 10.2. The molecule has 0 aliphatic rings. The van der Waals surface area contributed by atoms with Crippen molar-refractivity contribution in [1.29, 1.82) is 0 Å². The minimum atomic E-state index is -1.64. The van der Waals surface area contributed by atoms with E-state index in [-0.39, 0.29) is 5.69 Å². The number of nitrogens with zero attached hydrogens (tertiary/aromatic N) is 1. The van der Waals surface area contributed by atoms with Crippen LogP contribution in [0, 0.1) is 17.0 Å². The summed E-state index contributed by atoms with van der Waals surface area (Å²) in [5, 5.41) is 8.92. The van der Waals surface area contributed by atoms with E-state index in [0.717, 1.165) is 17.0 Å². The number of anilines is 1. The number of amides is 1. The van der Waals surface area contributed by atoms with Crippen LogP contribution in [-0.2, 0) is 9.59 Å². The van der Waals surface area contributed by atoms with Gasteiger partial charge in [0.05, 0.1) is 0 Å². The highest BCUT2D eigenvalue weighted by Crippen LogP contribution is 2.24. The average molecular weight is 257 g/mol. The zero-order valence-corrected chi connectivity index (χ0v) is 10.2. The Morgan fingerprint density at radius 2 is 1.78 bits per heavy atom. The van der Waals surface area contributed by atoms with E-state index >= 15 is 0 Å². The molecule has 0 aliphatic carbocycles. The fraction of sp³-hybridized carbons (Fsp3) is 0.333. The fourth-order valence-electron chi connectivity index (χ4n) is 1.32. The van der Waals surface area contributed by atoms with Crippen LogP contribution < -0.4 is 4.90 Å². The molecule has 0 atom stereocenters. The molecule has 0 bridgehead atoms. The maximum absolute atomic E-state index is 13.0. The number of carboxylic acid groups (broad SMARTS) is 1. The van der Waals surface area contributed by atoms with Gasteiger partial charge in [-0.15, -0.1) is 0 Å². The number of carbonyl (C=O) groups is 2. The smallest absolute Gasteiger partial charge is 0.318 e. The van der Waals surface area contributed by atoms with E-state index in [1.807, 2.05) is 0 Å². The first-order valence-electron chi connectivity index (χ1n) is 5.14. The van der Waals surface area contributed by atoms with E-state index in [0.29, 0.717) is 0 Å². The van der Waals surface area contributed by atoms with E-state index in [9.17, 15) is 18.4 Å². The van der Waals surface area contributed by atoms with E-state index in [4.69, 9.17) is 5.11 Å². The summed E-state index contributed by atoms with van der Waals surface area (Å²) in [6.07, 6.45) is 0. The third-order valence-electron chi connectivity index (χ3n) is 2.66. The highest BCUT2D eigenvalue weighted by molar-refractivity contribution is 6.08. The molecule has 18 heavy (non-hydrogen) atoms. The van der Waals surface area contributed by atoms with E-state index in [1.54, 1.807) is 0 Å². The third-order valence-corrected chi connectivity index (χ3v) is 2.66. The average Bonchev–Trinajstić information content (AvgIpc) is 2.30. The Balaban J connectivity index is 3.07. The monoisotopic (exact) mass is 257 g/mol. The molecule has 1 rings (SSSR count). The second-order valence-corrected chi connectivity index (χ2v) is 4.39. The molecule has 0 spiro atoms. The Morgan fingerprint density at radius 1 is 1.22 bits per heavy atom. The molecule has 0 aromatic heterocycles. The van der Waals surface area contributed by atoms with Crippen LogP contribution in [0.25, 0.3) is 0 Å². The van der Waals surface area contributed by atoms with Gasteiger partial charge < -0.3 is 10.0 Å². The largest absolute Gasteiger partial charge is 0.480 e. The van der Waals surface area contributed by atoms with Crippen molar-refractivity contribution in [2.45, 2.75) is 13.8 Å². The first kappa shape index (κ1) is 14.1. The van der Waals surface area contributed by atoms with E-state index in [1.165, 1.54) is 27.0 Å². The molecule has 1 aromatic carbocycles. The van der Waals surface area contributed by atoms with Crippen molar-refractivity contribution in [2.24, 2.45) is 5.41 Å².